The zero-order valence-corrected chi connectivity index (χ0v) is 16.5. The SMILES string of the molecule is N.Nc1cn(CCCc2ccc([N+](=O)[O-])c(N)n2)cc1-c1ccc(Cl)cc1Cl. The van der Waals surface area contributed by atoms with Gasteiger partial charge in [0.25, 0.3) is 0 Å². The molecule has 0 atom stereocenters. The third kappa shape index (κ3) is 4.72. The fraction of sp³-hybridized carbons (Fsp3) is 0.167. The van der Waals surface area contributed by atoms with Crippen LogP contribution in [-0.2, 0) is 13.0 Å². The van der Waals surface area contributed by atoms with E-state index in [-0.39, 0.29) is 17.7 Å². The Morgan fingerprint density at radius 1 is 1.11 bits per heavy atom. The van der Waals surface area contributed by atoms with E-state index < -0.39 is 4.92 Å². The molecule has 2 heterocycles. The third-order valence-corrected chi connectivity index (χ3v) is 4.69. The van der Waals surface area contributed by atoms with Crippen molar-refractivity contribution in [2.45, 2.75) is 19.4 Å². The van der Waals surface area contributed by atoms with Crippen molar-refractivity contribution in [3.63, 3.8) is 0 Å². The largest absolute Gasteiger partial charge is 0.397 e. The average molecular weight is 423 g/mol. The summed E-state index contributed by atoms with van der Waals surface area (Å²) in [6, 6.07) is 8.29. The quantitative estimate of drug-likeness (QED) is 0.386. The van der Waals surface area contributed by atoms with E-state index in [1.165, 1.54) is 6.07 Å². The van der Waals surface area contributed by atoms with Crippen molar-refractivity contribution >= 4 is 40.4 Å². The van der Waals surface area contributed by atoms with Crippen molar-refractivity contribution in [3.8, 4) is 11.1 Å². The van der Waals surface area contributed by atoms with Gasteiger partial charge in [-0.3, -0.25) is 10.1 Å². The normalized spacial score (nSPS) is 10.5. The van der Waals surface area contributed by atoms with E-state index in [2.05, 4.69) is 4.98 Å². The number of rotatable bonds is 6. The van der Waals surface area contributed by atoms with Crippen LogP contribution in [0.4, 0.5) is 17.2 Å². The molecule has 28 heavy (non-hydrogen) atoms. The molecule has 7 N–H and O–H groups in total. The number of nitro groups is 1. The molecule has 0 bridgehead atoms. The molecule has 148 valence electrons. The molecule has 0 fully saturated rings. The topological polar surface area (TPSA) is 148 Å². The Bertz CT molecular complexity index is 1010. The highest BCUT2D eigenvalue weighted by atomic mass is 35.5. The average Bonchev–Trinajstić information content (AvgIpc) is 2.95. The second-order valence-corrected chi connectivity index (χ2v) is 6.90. The Morgan fingerprint density at radius 3 is 2.50 bits per heavy atom. The minimum absolute atomic E-state index is 0. The van der Waals surface area contributed by atoms with Gasteiger partial charge in [-0.15, -0.1) is 0 Å². The number of nitrogens with two attached hydrogens (primary N) is 2. The summed E-state index contributed by atoms with van der Waals surface area (Å²) in [6.45, 7) is 0.702. The van der Waals surface area contributed by atoms with Gasteiger partial charge >= 0.3 is 5.69 Å². The van der Waals surface area contributed by atoms with Gasteiger partial charge in [0.1, 0.15) is 0 Å². The van der Waals surface area contributed by atoms with E-state index in [1.807, 2.05) is 23.0 Å². The molecule has 3 rings (SSSR count). The van der Waals surface area contributed by atoms with Crippen LogP contribution in [0, 0.1) is 10.1 Å². The second kappa shape index (κ2) is 8.92. The molecule has 8 nitrogen and oxygen atoms in total. The van der Waals surface area contributed by atoms with E-state index in [0.717, 1.165) is 17.5 Å². The van der Waals surface area contributed by atoms with Crippen LogP contribution in [0.15, 0.2) is 42.7 Å². The molecule has 0 aliphatic carbocycles. The van der Waals surface area contributed by atoms with Crippen molar-refractivity contribution < 1.29 is 4.92 Å². The zero-order valence-electron chi connectivity index (χ0n) is 14.9. The molecule has 2 aromatic heterocycles. The van der Waals surface area contributed by atoms with Crippen molar-refractivity contribution in [1.82, 2.24) is 15.7 Å². The highest BCUT2D eigenvalue weighted by Crippen LogP contribution is 2.34. The Kier molecular flexibility index (Phi) is 6.85. The van der Waals surface area contributed by atoms with Gasteiger partial charge in [0.15, 0.2) is 0 Å². The summed E-state index contributed by atoms with van der Waals surface area (Å²) in [6.07, 6.45) is 5.18. The highest BCUT2D eigenvalue weighted by molar-refractivity contribution is 6.36. The standard InChI is InChI=1S/C18H17Cl2N5O2.H3N/c19-11-3-5-13(15(20)8-11)14-9-24(10-16(14)21)7-1-2-12-4-6-17(25(26)27)18(22)23-12;/h3-6,8-10H,1-2,7,21H2,(H2,22,23);1H3. The number of nitrogens with zero attached hydrogens (tertiary/aromatic N) is 3. The smallest absolute Gasteiger partial charge is 0.311 e. The maximum atomic E-state index is 10.8. The van der Waals surface area contributed by atoms with Crippen molar-refractivity contribution in [1.29, 1.82) is 0 Å². The predicted octanol–water partition coefficient (Wildman–Crippen LogP) is 4.72. The first-order valence-corrected chi connectivity index (χ1v) is 8.91. The Morgan fingerprint density at radius 2 is 1.86 bits per heavy atom. The number of nitrogen functional groups attached to an aromatic ring is 2. The van der Waals surface area contributed by atoms with Gasteiger partial charge in [-0.25, -0.2) is 4.98 Å². The van der Waals surface area contributed by atoms with Crippen molar-refractivity contribution in [3.05, 3.63) is 68.6 Å². The molecule has 0 saturated carbocycles. The molecule has 0 unspecified atom stereocenters. The van der Waals surface area contributed by atoms with Crippen LogP contribution >= 0.6 is 23.2 Å². The van der Waals surface area contributed by atoms with E-state index in [4.69, 9.17) is 34.7 Å². The van der Waals surface area contributed by atoms with Crippen molar-refractivity contribution in [2.24, 2.45) is 0 Å². The lowest BCUT2D eigenvalue weighted by Gasteiger charge is -2.05. The van der Waals surface area contributed by atoms with E-state index in [9.17, 15) is 10.1 Å². The van der Waals surface area contributed by atoms with E-state index in [1.54, 1.807) is 18.2 Å². The molecule has 0 amide bonds. The van der Waals surface area contributed by atoms with Crippen molar-refractivity contribution in [2.75, 3.05) is 11.5 Å². The molecule has 0 aliphatic heterocycles. The van der Waals surface area contributed by atoms with E-state index >= 15 is 0 Å². The molecule has 0 radical (unpaired) electrons. The zero-order chi connectivity index (χ0) is 19.6. The molecule has 0 aliphatic rings. The lowest BCUT2D eigenvalue weighted by Crippen LogP contribution is -2.03. The monoisotopic (exact) mass is 422 g/mol. The Hall–Kier alpha value is -2.81. The molecular weight excluding hydrogens is 403 g/mol. The summed E-state index contributed by atoms with van der Waals surface area (Å²) >= 11 is 12.2. The summed E-state index contributed by atoms with van der Waals surface area (Å²) < 4.78 is 1.98. The third-order valence-electron chi connectivity index (χ3n) is 4.14. The maximum Gasteiger partial charge on any atom is 0.311 e. The summed E-state index contributed by atoms with van der Waals surface area (Å²) in [5, 5.41) is 11.9. The van der Waals surface area contributed by atoms with Crippen LogP contribution < -0.4 is 17.6 Å². The number of anilines is 2. The minimum Gasteiger partial charge on any atom is -0.397 e. The van der Waals surface area contributed by atoms with Gasteiger partial charge < -0.3 is 22.2 Å². The predicted molar refractivity (Wildman–Crippen MR) is 113 cm³/mol. The highest BCUT2D eigenvalue weighted by Gasteiger charge is 2.13. The fourth-order valence-electron chi connectivity index (χ4n) is 2.83. The van der Waals surface area contributed by atoms with E-state index in [0.29, 0.717) is 34.4 Å². The Labute approximate surface area is 171 Å². The first-order valence-electron chi connectivity index (χ1n) is 8.15. The number of aryl methyl sites for hydroxylation is 2. The number of benzene rings is 1. The van der Waals surface area contributed by atoms with Gasteiger partial charge in [-0.2, -0.15) is 0 Å². The summed E-state index contributed by atoms with van der Waals surface area (Å²) in [5.41, 5.74) is 14.6. The lowest BCUT2D eigenvalue weighted by molar-refractivity contribution is -0.384. The Balaban J connectivity index is 0.00000280. The van der Waals surface area contributed by atoms with Crippen LogP contribution in [0.2, 0.25) is 10.0 Å². The number of pyridine rings is 1. The first kappa shape index (κ1) is 21.5. The first-order chi connectivity index (χ1) is 12.8. The van der Waals surface area contributed by atoms with Gasteiger partial charge in [0.2, 0.25) is 5.82 Å². The summed E-state index contributed by atoms with van der Waals surface area (Å²) in [5.74, 6) is -0.0672. The summed E-state index contributed by atoms with van der Waals surface area (Å²) in [7, 11) is 0. The van der Waals surface area contributed by atoms with Crippen LogP contribution in [0.5, 0.6) is 0 Å². The molecule has 0 saturated heterocycles. The molecule has 0 spiro atoms. The maximum absolute atomic E-state index is 10.8. The molecule has 10 heteroatoms. The minimum atomic E-state index is -0.544. The van der Waals surface area contributed by atoms with Gasteiger partial charge in [0, 0.05) is 46.8 Å². The van der Waals surface area contributed by atoms with Crippen LogP contribution in [-0.4, -0.2) is 14.5 Å². The van der Waals surface area contributed by atoms with Crippen LogP contribution in [0.1, 0.15) is 12.1 Å². The van der Waals surface area contributed by atoms with Gasteiger partial charge in [-0.05, 0) is 31.0 Å². The van der Waals surface area contributed by atoms with Gasteiger partial charge in [0.05, 0.1) is 15.6 Å². The fourth-order valence-corrected chi connectivity index (χ4v) is 3.34. The number of halogens is 2. The second-order valence-electron chi connectivity index (χ2n) is 6.06. The summed E-state index contributed by atoms with van der Waals surface area (Å²) in [4.78, 5) is 14.3. The lowest BCUT2D eigenvalue weighted by atomic mass is 10.1. The van der Waals surface area contributed by atoms with Crippen LogP contribution in [0.3, 0.4) is 0 Å². The van der Waals surface area contributed by atoms with Gasteiger partial charge in [-0.1, -0.05) is 29.3 Å². The number of hydrogen-bond acceptors (Lipinski definition) is 6. The molecular formula is C18H20Cl2N6O2. The number of hydrogen-bond donors (Lipinski definition) is 3. The number of aromatic nitrogens is 2. The van der Waals surface area contributed by atoms with Crippen LogP contribution in [0.25, 0.3) is 11.1 Å². The molecule has 1 aromatic carbocycles. The molecule has 3 aromatic rings.